The lowest BCUT2D eigenvalue weighted by Crippen LogP contribution is -2.00. The zero-order valence-electron chi connectivity index (χ0n) is 20.2. The van der Waals surface area contributed by atoms with Crippen LogP contribution in [-0.2, 0) is 0 Å². The summed E-state index contributed by atoms with van der Waals surface area (Å²) < 4.78 is 7.10. The van der Waals surface area contributed by atoms with Gasteiger partial charge >= 0.3 is 0 Å². The average Bonchev–Trinajstić information content (AvgIpc) is 3.36. The maximum absolute atomic E-state index is 6.14. The van der Waals surface area contributed by atoms with E-state index in [1.807, 2.05) is 78.9 Å². The van der Waals surface area contributed by atoms with Crippen molar-refractivity contribution in [1.82, 2.24) is 15.0 Å². The highest BCUT2D eigenvalue weighted by molar-refractivity contribution is 9.10. The van der Waals surface area contributed by atoms with Crippen molar-refractivity contribution >= 4 is 37.9 Å². The molecule has 0 fully saturated rings. The highest BCUT2D eigenvalue weighted by atomic mass is 79.9. The Morgan fingerprint density at radius 2 is 1.08 bits per heavy atom. The molecule has 0 aliphatic rings. The molecule has 5 aromatic carbocycles. The molecule has 0 N–H and O–H groups in total. The van der Waals surface area contributed by atoms with Gasteiger partial charge in [-0.25, -0.2) is 15.0 Å². The van der Waals surface area contributed by atoms with Gasteiger partial charge in [0.25, 0.3) is 0 Å². The maximum atomic E-state index is 6.14. The van der Waals surface area contributed by atoms with Crippen LogP contribution in [0.2, 0.25) is 0 Å². The van der Waals surface area contributed by atoms with E-state index in [4.69, 9.17) is 19.4 Å². The summed E-state index contributed by atoms with van der Waals surface area (Å²) in [5.41, 5.74) is 6.71. The molecule has 0 atom stereocenters. The third kappa shape index (κ3) is 4.07. The van der Waals surface area contributed by atoms with Gasteiger partial charge in [0.1, 0.15) is 11.2 Å². The standard InChI is InChI=1S/C33H20BrN3O/c34-25-11-6-10-24(20-25)32-35-31(23-18-16-22(17-19-23)21-8-2-1-3-9-21)36-33(37-32)27-13-7-15-29-30(27)26-12-4-5-14-28(26)38-29/h1-20H. The number of nitrogens with zero attached hydrogens (tertiary/aromatic N) is 3. The monoisotopic (exact) mass is 553 g/mol. The fraction of sp³-hybridized carbons (Fsp3) is 0. The minimum Gasteiger partial charge on any atom is -0.456 e. The van der Waals surface area contributed by atoms with Crippen molar-refractivity contribution in [2.24, 2.45) is 0 Å². The smallest absolute Gasteiger partial charge is 0.164 e. The molecule has 7 rings (SSSR count). The molecule has 0 spiro atoms. The van der Waals surface area contributed by atoms with Crippen molar-refractivity contribution in [3.05, 3.63) is 126 Å². The van der Waals surface area contributed by atoms with Gasteiger partial charge in [0.15, 0.2) is 17.5 Å². The zero-order chi connectivity index (χ0) is 25.5. The SMILES string of the molecule is Brc1cccc(-c2nc(-c3ccc(-c4ccccc4)cc3)nc(-c3cccc4oc5ccccc5c34)n2)c1. The predicted octanol–water partition coefficient (Wildman–Crippen LogP) is 9.20. The van der Waals surface area contributed by atoms with Crippen molar-refractivity contribution in [3.63, 3.8) is 0 Å². The van der Waals surface area contributed by atoms with Crippen LogP contribution in [0.1, 0.15) is 0 Å². The molecule has 2 aromatic heterocycles. The highest BCUT2D eigenvalue weighted by Gasteiger charge is 2.17. The Morgan fingerprint density at radius 1 is 0.474 bits per heavy atom. The summed E-state index contributed by atoms with van der Waals surface area (Å²) >= 11 is 3.59. The molecule has 0 saturated heterocycles. The summed E-state index contributed by atoms with van der Waals surface area (Å²) in [6.07, 6.45) is 0. The lowest BCUT2D eigenvalue weighted by molar-refractivity contribution is 0.669. The summed E-state index contributed by atoms with van der Waals surface area (Å²) in [7, 11) is 0. The van der Waals surface area contributed by atoms with E-state index in [1.165, 1.54) is 5.56 Å². The molecule has 0 saturated carbocycles. The number of hydrogen-bond donors (Lipinski definition) is 0. The van der Waals surface area contributed by atoms with E-state index in [-0.39, 0.29) is 0 Å². The van der Waals surface area contributed by atoms with E-state index in [0.717, 1.165) is 48.7 Å². The molecule has 0 unspecified atom stereocenters. The molecular weight excluding hydrogens is 534 g/mol. The molecule has 0 aliphatic heterocycles. The second-order valence-corrected chi connectivity index (χ2v) is 9.95. The first-order valence-electron chi connectivity index (χ1n) is 12.3. The zero-order valence-corrected chi connectivity index (χ0v) is 21.8. The van der Waals surface area contributed by atoms with Crippen molar-refractivity contribution in [2.45, 2.75) is 0 Å². The van der Waals surface area contributed by atoms with E-state index in [9.17, 15) is 0 Å². The second-order valence-electron chi connectivity index (χ2n) is 9.04. The average molecular weight is 554 g/mol. The number of hydrogen-bond acceptors (Lipinski definition) is 4. The molecule has 2 heterocycles. The van der Waals surface area contributed by atoms with Crippen molar-refractivity contribution in [3.8, 4) is 45.3 Å². The summed E-state index contributed by atoms with van der Waals surface area (Å²) in [5, 5.41) is 2.04. The van der Waals surface area contributed by atoms with Crippen LogP contribution >= 0.6 is 15.9 Å². The Morgan fingerprint density at radius 3 is 1.89 bits per heavy atom. The van der Waals surface area contributed by atoms with Crippen LogP contribution in [0.5, 0.6) is 0 Å². The van der Waals surface area contributed by atoms with E-state index in [2.05, 4.69) is 58.4 Å². The molecule has 7 aromatic rings. The molecule has 0 radical (unpaired) electrons. The number of fused-ring (bicyclic) bond motifs is 3. The summed E-state index contributed by atoms with van der Waals surface area (Å²) in [5.74, 6) is 1.84. The molecule has 180 valence electrons. The third-order valence-corrected chi connectivity index (χ3v) is 7.11. The first-order valence-corrected chi connectivity index (χ1v) is 13.1. The number of benzene rings is 5. The predicted molar refractivity (Wildman–Crippen MR) is 157 cm³/mol. The molecule has 0 aliphatic carbocycles. The second kappa shape index (κ2) is 9.36. The van der Waals surface area contributed by atoms with Gasteiger partial charge in [-0.05, 0) is 35.4 Å². The van der Waals surface area contributed by atoms with Gasteiger partial charge in [0, 0.05) is 31.9 Å². The molecule has 0 amide bonds. The van der Waals surface area contributed by atoms with E-state index < -0.39 is 0 Å². The fourth-order valence-electron chi connectivity index (χ4n) is 4.79. The van der Waals surface area contributed by atoms with E-state index in [1.54, 1.807) is 0 Å². The van der Waals surface area contributed by atoms with Gasteiger partial charge in [-0.1, -0.05) is 113 Å². The first kappa shape index (κ1) is 22.6. The third-order valence-electron chi connectivity index (χ3n) is 6.61. The van der Waals surface area contributed by atoms with Gasteiger partial charge in [-0.15, -0.1) is 0 Å². The largest absolute Gasteiger partial charge is 0.456 e. The Balaban J connectivity index is 1.43. The van der Waals surface area contributed by atoms with Gasteiger partial charge in [-0.3, -0.25) is 0 Å². The molecule has 0 bridgehead atoms. The number of halogens is 1. The molecule has 38 heavy (non-hydrogen) atoms. The number of aromatic nitrogens is 3. The fourth-order valence-corrected chi connectivity index (χ4v) is 5.18. The summed E-state index contributed by atoms with van der Waals surface area (Å²) in [4.78, 5) is 14.8. The van der Waals surface area contributed by atoms with Crippen molar-refractivity contribution in [2.75, 3.05) is 0 Å². The van der Waals surface area contributed by atoms with E-state index in [0.29, 0.717) is 17.5 Å². The summed E-state index contributed by atoms with van der Waals surface area (Å²) in [6, 6.07) is 40.8. The van der Waals surface area contributed by atoms with Gasteiger partial charge in [0.05, 0.1) is 0 Å². The molecule has 5 heteroatoms. The quantitative estimate of drug-likeness (QED) is 0.218. The van der Waals surface area contributed by atoms with Crippen molar-refractivity contribution < 1.29 is 4.42 Å². The first-order chi connectivity index (χ1) is 18.7. The molecule has 4 nitrogen and oxygen atoms in total. The Labute approximate surface area is 227 Å². The van der Waals surface area contributed by atoms with Crippen LogP contribution in [0.3, 0.4) is 0 Å². The lowest BCUT2D eigenvalue weighted by atomic mass is 10.0. The Hall–Kier alpha value is -4.61. The minimum absolute atomic E-state index is 0.606. The number of rotatable bonds is 4. The van der Waals surface area contributed by atoms with Crippen LogP contribution in [0, 0.1) is 0 Å². The lowest BCUT2D eigenvalue weighted by Gasteiger charge is -2.10. The van der Waals surface area contributed by atoms with Crippen LogP contribution in [0.25, 0.3) is 67.2 Å². The topological polar surface area (TPSA) is 51.8 Å². The molecular formula is C33H20BrN3O. The number of para-hydroxylation sites is 1. The van der Waals surface area contributed by atoms with Crippen LogP contribution in [0.15, 0.2) is 130 Å². The summed E-state index contributed by atoms with van der Waals surface area (Å²) in [6.45, 7) is 0. The highest BCUT2D eigenvalue weighted by Crippen LogP contribution is 2.36. The van der Waals surface area contributed by atoms with E-state index >= 15 is 0 Å². The maximum Gasteiger partial charge on any atom is 0.164 e. The normalized spacial score (nSPS) is 11.3. The van der Waals surface area contributed by atoms with Gasteiger partial charge in [0.2, 0.25) is 0 Å². The van der Waals surface area contributed by atoms with Gasteiger partial charge in [-0.2, -0.15) is 0 Å². The Bertz CT molecular complexity index is 1930. The van der Waals surface area contributed by atoms with Crippen LogP contribution in [0.4, 0.5) is 0 Å². The van der Waals surface area contributed by atoms with Crippen LogP contribution in [-0.4, -0.2) is 15.0 Å². The van der Waals surface area contributed by atoms with Crippen molar-refractivity contribution in [1.29, 1.82) is 0 Å². The number of furan rings is 1. The van der Waals surface area contributed by atoms with Gasteiger partial charge < -0.3 is 4.42 Å². The Kier molecular flexibility index (Phi) is 5.56. The minimum atomic E-state index is 0.606. The van der Waals surface area contributed by atoms with Crippen LogP contribution < -0.4 is 0 Å².